The molecule has 7 heteroatoms. The summed E-state index contributed by atoms with van der Waals surface area (Å²) in [5.41, 5.74) is 0.843. The first kappa shape index (κ1) is 16.0. The molecular formula is C13H10Br3NO2S. The van der Waals surface area contributed by atoms with E-state index in [1.807, 2.05) is 30.3 Å². The van der Waals surface area contributed by atoms with Gasteiger partial charge in [-0.1, -0.05) is 22.0 Å². The van der Waals surface area contributed by atoms with E-state index in [0.717, 1.165) is 23.3 Å². The highest BCUT2D eigenvalue weighted by molar-refractivity contribution is 9.13. The molecule has 106 valence electrons. The van der Waals surface area contributed by atoms with E-state index in [1.54, 1.807) is 0 Å². The van der Waals surface area contributed by atoms with E-state index in [1.165, 1.54) is 18.4 Å². The fourth-order valence-corrected chi connectivity index (χ4v) is 4.14. The summed E-state index contributed by atoms with van der Waals surface area (Å²) in [6.45, 7) is 0. The van der Waals surface area contributed by atoms with Crippen LogP contribution in [-0.2, 0) is 9.53 Å². The molecule has 0 amide bonds. The average molecular weight is 484 g/mol. The van der Waals surface area contributed by atoms with Gasteiger partial charge in [-0.05, 0) is 56.1 Å². The van der Waals surface area contributed by atoms with Crippen molar-refractivity contribution < 1.29 is 9.53 Å². The van der Waals surface area contributed by atoms with Gasteiger partial charge in [0.1, 0.15) is 0 Å². The Kier molecular flexibility index (Phi) is 5.65. The molecule has 0 bridgehead atoms. The lowest BCUT2D eigenvalue weighted by Gasteiger charge is -2.16. The van der Waals surface area contributed by atoms with Crippen molar-refractivity contribution in [3.05, 3.63) is 47.9 Å². The minimum Gasteiger partial charge on any atom is -0.467 e. The zero-order valence-electron chi connectivity index (χ0n) is 10.3. The molecule has 0 aliphatic heterocycles. The molecule has 3 nitrogen and oxygen atoms in total. The molecule has 1 aromatic carbocycles. The number of hydrogen-bond donors (Lipinski definition) is 1. The van der Waals surface area contributed by atoms with Crippen LogP contribution in [0.2, 0.25) is 0 Å². The molecule has 2 rings (SSSR count). The molecule has 1 unspecified atom stereocenters. The maximum atomic E-state index is 12.0. The summed E-state index contributed by atoms with van der Waals surface area (Å²) < 4.78 is 7.69. The number of anilines is 1. The van der Waals surface area contributed by atoms with Crippen molar-refractivity contribution in [2.45, 2.75) is 6.04 Å². The van der Waals surface area contributed by atoms with Crippen LogP contribution in [0, 0.1) is 0 Å². The molecule has 2 aromatic rings. The normalized spacial score (nSPS) is 12.0. The van der Waals surface area contributed by atoms with Crippen LogP contribution in [0.4, 0.5) is 5.69 Å². The first-order valence-electron chi connectivity index (χ1n) is 5.56. The maximum absolute atomic E-state index is 12.0. The van der Waals surface area contributed by atoms with Gasteiger partial charge in [-0.2, -0.15) is 0 Å². The molecule has 1 N–H and O–H groups in total. The smallest absolute Gasteiger partial charge is 0.333 e. The Morgan fingerprint density at radius 2 is 2.05 bits per heavy atom. The number of carbonyl (C=O) groups excluding carboxylic acids is 1. The molecule has 1 aromatic heterocycles. The number of rotatable bonds is 4. The van der Waals surface area contributed by atoms with Crippen molar-refractivity contribution >= 4 is 70.8 Å². The van der Waals surface area contributed by atoms with E-state index < -0.39 is 6.04 Å². The second kappa shape index (κ2) is 7.06. The van der Waals surface area contributed by atoms with E-state index in [-0.39, 0.29) is 5.97 Å². The zero-order chi connectivity index (χ0) is 14.7. The minimum absolute atomic E-state index is 0.328. The predicted octanol–water partition coefficient (Wildman–Crippen LogP) is 5.36. The SMILES string of the molecule is COC(=O)C(Nc1cccc(Br)c1)c1cc(Br)c(Br)s1. The molecule has 1 atom stereocenters. The van der Waals surface area contributed by atoms with Crippen LogP contribution < -0.4 is 5.32 Å². The fourth-order valence-electron chi connectivity index (χ4n) is 1.61. The van der Waals surface area contributed by atoms with E-state index in [4.69, 9.17) is 4.74 Å². The van der Waals surface area contributed by atoms with Crippen LogP contribution in [0.25, 0.3) is 0 Å². The molecule has 0 aliphatic carbocycles. The van der Waals surface area contributed by atoms with Gasteiger partial charge in [0.05, 0.1) is 10.9 Å². The van der Waals surface area contributed by atoms with Gasteiger partial charge in [0, 0.05) is 19.5 Å². The van der Waals surface area contributed by atoms with E-state index >= 15 is 0 Å². The molecule has 1 heterocycles. The van der Waals surface area contributed by atoms with Crippen molar-refractivity contribution in [2.24, 2.45) is 0 Å². The summed E-state index contributed by atoms with van der Waals surface area (Å²) >= 11 is 11.8. The molecule has 0 radical (unpaired) electrons. The van der Waals surface area contributed by atoms with E-state index in [2.05, 4.69) is 53.1 Å². The van der Waals surface area contributed by atoms with Crippen LogP contribution >= 0.6 is 59.1 Å². The van der Waals surface area contributed by atoms with E-state index in [9.17, 15) is 4.79 Å². The van der Waals surface area contributed by atoms with Crippen LogP contribution in [0.5, 0.6) is 0 Å². The molecule has 0 saturated heterocycles. The van der Waals surface area contributed by atoms with Gasteiger partial charge < -0.3 is 10.1 Å². The third-order valence-corrected chi connectivity index (χ3v) is 6.34. The number of benzene rings is 1. The van der Waals surface area contributed by atoms with Gasteiger partial charge in [0.15, 0.2) is 6.04 Å². The largest absolute Gasteiger partial charge is 0.467 e. The Morgan fingerprint density at radius 1 is 1.30 bits per heavy atom. The Labute approximate surface area is 146 Å². The van der Waals surface area contributed by atoms with Crippen LogP contribution in [0.3, 0.4) is 0 Å². The maximum Gasteiger partial charge on any atom is 0.333 e. The van der Waals surface area contributed by atoms with Crippen LogP contribution in [-0.4, -0.2) is 13.1 Å². The molecular weight excluding hydrogens is 474 g/mol. The molecule has 0 aliphatic rings. The lowest BCUT2D eigenvalue weighted by molar-refractivity contribution is -0.141. The van der Waals surface area contributed by atoms with Gasteiger partial charge in [-0.3, -0.25) is 0 Å². The lowest BCUT2D eigenvalue weighted by Crippen LogP contribution is -2.21. The third kappa shape index (κ3) is 3.84. The highest BCUT2D eigenvalue weighted by Gasteiger charge is 2.24. The second-order valence-electron chi connectivity index (χ2n) is 3.88. The van der Waals surface area contributed by atoms with Gasteiger partial charge in [0.25, 0.3) is 0 Å². The Morgan fingerprint density at radius 3 is 2.60 bits per heavy atom. The fraction of sp³-hybridized carbons (Fsp3) is 0.154. The van der Waals surface area contributed by atoms with E-state index in [0.29, 0.717) is 0 Å². The summed E-state index contributed by atoms with van der Waals surface area (Å²) in [6, 6.07) is 9.01. The number of methoxy groups -OCH3 is 1. The number of esters is 1. The van der Waals surface area contributed by atoms with Crippen molar-refractivity contribution in [3.8, 4) is 0 Å². The Bertz CT molecular complexity index is 610. The monoisotopic (exact) mass is 481 g/mol. The van der Waals surface area contributed by atoms with Crippen molar-refractivity contribution in [3.63, 3.8) is 0 Å². The molecule has 0 saturated carbocycles. The second-order valence-corrected chi connectivity index (χ2v) is 8.05. The summed E-state index contributed by atoms with van der Waals surface area (Å²) in [4.78, 5) is 12.9. The first-order valence-corrected chi connectivity index (χ1v) is 8.75. The molecule has 0 spiro atoms. The van der Waals surface area contributed by atoms with Crippen LogP contribution in [0.1, 0.15) is 10.9 Å². The van der Waals surface area contributed by atoms with Crippen molar-refractivity contribution in [1.29, 1.82) is 0 Å². The third-order valence-electron chi connectivity index (χ3n) is 2.52. The van der Waals surface area contributed by atoms with Gasteiger partial charge in [-0.25, -0.2) is 4.79 Å². The highest BCUT2D eigenvalue weighted by Crippen LogP contribution is 2.37. The molecule has 20 heavy (non-hydrogen) atoms. The predicted molar refractivity (Wildman–Crippen MR) is 92.2 cm³/mol. The first-order chi connectivity index (χ1) is 9.51. The topological polar surface area (TPSA) is 38.3 Å². The zero-order valence-corrected chi connectivity index (χ0v) is 15.9. The molecule has 0 fully saturated rings. The summed E-state index contributed by atoms with van der Waals surface area (Å²) in [5.74, 6) is -0.328. The Balaban J connectivity index is 2.31. The number of nitrogens with one attached hydrogen (secondary N) is 1. The number of hydrogen-bond acceptors (Lipinski definition) is 4. The number of ether oxygens (including phenoxy) is 1. The lowest BCUT2D eigenvalue weighted by atomic mass is 10.2. The Hall–Kier alpha value is -0.370. The van der Waals surface area contributed by atoms with Crippen LogP contribution in [0.15, 0.2) is 43.1 Å². The standard InChI is InChI=1S/C13H10Br3NO2S/c1-19-13(18)11(10-6-9(15)12(16)20-10)17-8-4-2-3-7(14)5-8/h2-6,11,17H,1H3. The number of halogens is 3. The average Bonchev–Trinajstić information content (AvgIpc) is 2.75. The minimum atomic E-state index is -0.540. The summed E-state index contributed by atoms with van der Waals surface area (Å²) in [7, 11) is 1.38. The van der Waals surface area contributed by atoms with Gasteiger partial charge in [0.2, 0.25) is 0 Å². The summed E-state index contributed by atoms with van der Waals surface area (Å²) in [6.07, 6.45) is 0. The van der Waals surface area contributed by atoms with Gasteiger partial charge in [-0.15, -0.1) is 11.3 Å². The number of thiophene rings is 1. The number of carbonyl (C=O) groups is 1. The highest BCUT2D eigenvalue weighted by atomic mass is 79.9. The van der Waals surface area contributed by atoms with Crippen molar-refractivity contribution in [2.75, 3.05) is 12.4 Å². The van der Waals surface area contributed by atoms with Crippen molar-refractivity contribution in [1.82, 2.24) is 0 Å². The van der Waals surface area contributed by atoms with Gasteiger partial charge >= 0.3 is 5.97 Å². The summed E-state index contributed by atoms with van der Waals surface area (Å²) in [5, 5.41) is 3.19. The quantitative estimate of drug-likeness (QED) is 0.595.